The Bertz CT molecular complexity index is 566. The normalized spacial score (nSPS) is 13.6. The maximum Gasteiger partial charge on any atom is 0.249 e. The van der Waals surface area contributed by atoms with Gasteiger partial charge in [-0.05, 0) is 30.0 Å². The average Bonchev–Trinajstić information content (AvgIpc) is 2.47. The van der Waals surface area contributed by atoms with Crippen LogP contribution in [-0.4, -0.2) is 32.1 Å². The van der Waals surface area contributed by atoms with E-state index in [1.54, 1.807) is 6.07 Å². The number of hydrogen-bond donors (Lipinski definition) is 2. The second-order valence-electron chi connectivity index (χ2n) is 4.77. The van der Waals surface area contributed by atoms with Crippen LogP contribution in [0.3, 0.4) is 0 Å². The molecule has 1 aromatic rings. The maximum absolute atomic E-state index is 11.9. The molecule has 0 aliphatic carbocycles. The molecule has 0 bridgehead atoms. The average molecular weight is 564 g/mol. The Morgan fingerprint density at radius 3 is 1.95 bits per heavy atom. The molecule has 0 saturated heterocycles. The first-order valence-corrected chi connectivity index (χ1v) is 10.5. The minimum Gasteiger partial charge on any atom is -0.366 e. The Morgan fingerprint density at radius 2 is 1.50 bits per heavy atom. The Labute approximate surface area is 163 Å². The zero-order valence-corrected chi connectivity index (χ0v) is 18.0. The molecule has 0 saturated carbocycles. The van der Waals surface area contributed by atoms with E-state index in [9.17, 15) is 9.59 Å². The molecule has 122 valence electrons. The number of rotatable bonds is 8. The van der Waals surface area contributed by atoms with Gasteiger partial charge in [-0.3, -0.25) is 9.59 Å². The first-order chi connectivity index (χ1) is 10.3. The van der Waals surface area contributed by atoms with E-state index in [-0.39, 0.29) is 20.8 Å². The van der Waals surface area contributed by atoms with Gasteiger partial charge in [-0.2, -0.15) is 0 Å². The van der Waals surface area contributed by atoms with E-state index in [1.807, 2.05) is 6.07 Å². The van der Waals surface area contributed by atoms with Crippen molar-refractivity contribution in [3.05, 3.63) is 34.4 Å². The molecule has 4 nitrogen and oxygen atoms in total. The fourth-order valence-corrected chi connectivity index (χ4v) is 3.30. The third-order valence-corrected chi connectivity index (χ3v) is 7.72. The molecule has 4 N–H and O–H groups in total. The minimum atomic E-state index is -0.651. The summed E-state index contributed by atoms with van der Waals surface area (Å²) < 4.78 is 0. The van der Waals surface area contributed by atoms with Crippen LogP contribution in [0.1, 0.15) is 31.8 Å². The number of nitrogens with two attached hydrogens (primary N) is 2. The highest BCUT2D eigenvalue weighted by Crippen LogP contribution is 2.26. The lowest BCUT2D eigenvalue weighted by atomic mass is 9.90. The van der Waals surface area contributed by atoms with E-state index >= 15 is 0 Å². The van der Waals surface area contributed by atoms with Crippen molar-refractivity contribution >= 4 is 75.5 Å². The third kappa shape index (κ3) is 5.32. The van der Waals surface area contributed by atoms with E-state index in [1.165, 1.54) is 0 Å². The smallest absolute Gasteiger partial charge is 0.249 e. The van der Waals surface area contributed by atoms with Crippen LogP contribution in [0.4, 0.5) is 0 Å². The van der Waals surface area contributed by atoms with Crippen molar-refractivity contribution in [3.8, 4) is 0 Å². The van der Waals surface area contributed by atoms with Crippen LogP contribution in [-0.2, 0) is 12.8 Å². The van der Waals surface area contributed by atoms with Gasteiger partial charge in [-0.1, -0.05) is 69.8 Å². The standard InChI is InChI=1S/C14H16Br4N2O2/c15-5-8(17)3-7-1-2-10(13(19)21)12(14(20)22)11(7)4-9(18)6-16/h1-2,8-9H,3-6H2,(H2,19,21)(H2,20,22). The van der Waals surface area contributed by atoms with Gasteiger partial charge >= 0.3 is 0 Å². The lowest BCUT2D eigenvalue weighted by molar-refractivity contribution is 0.0966. The maximum atomic E-state index is 11.9. The van der Waals surface area contributed by atoms with Gasteiger partial charge in [0.05, 0.1) is 11.1 Å². The summed E-state index contributed by atoms with van der Waals surface area (Å²) in [5.74, 6) is -1.28. The van der Waals surface area contributed by atoms with Gasteiger partial charge in [0.1, 0.15) is 0 Å². The van der Waals surface area contributed by atoms with Crippen molar-refractivity contribution in [3.63, 3.8) is 0 Å². The Kier molecular flexibility index (Phi) is 8.59. The van der Waals surface area contributed by atoms with Crippen molar-refractivity contribution in [1.82, 2.24) is 0 Å². The van der Waals surface area contributed by atoms with Crippen LogP contribution < -0.4 is 11.5 Å². The monoisotopic (exact) mass is 560 g/mol. The summed E-state index contributed by atoms with van der Waals surface area (Å²) in [5, 5.41) is 1.48. The largest absolute Gasteiger partial charge is 0.366 e. The fraction of sp³-hybridized carbons (Fsp3) is 0.429. The Balaban J connectivity index is 3.47. The number of primary amides is 2. The van der Waals surface area contributed by atoms with Crippen molar-refractivity contribution in [2.24, 2.45) is 11.5 Å². The quantitative estimate of drug-likeness (QED) is 0.476. The van der Waals surface area contributed by atoms with E-state index in [2.05, 4.69) is 63.7 Å². The molecule has 2 atom stereocenters. The van der Waals surface area contributed by atoms with Gasteiger partial charge in [0.2, 0.25) is 11.8 Å². The van der Waals surface area contributed by atoms with Crippen molar-refractivity contribution in [2.75, 3.05) is 10.7 Å². The van der Waals surface area contributed by atoms with Crippen LogP contribution in [0.25, 0.3) is 0 Å². The number of benzene rings is 1. The molecule has 1 rings (SSSR count). The second-order valence-corrected chi connectivity index (χ2v) is 8.65. The first-order valence-electron chi connectivity index (χ1n) is 6.46. The molecule has 0 radical (unpaired) electrons. The molecule has 2 amide bonds. The Hall–Kier alpha value is 0.0800. The lowest BCUT2D eigenvalue weighted by Crippen LogP contribution is -2.25. The third-order valence-electron chi connectivity index (χ3n) is 3.12. The van der Waals surface area contributed by atoms with Crippen LogP contribution in [0.5, 0.6) is 0 Å². The van der Waals surface area contributed by atoms with Crippen LogP contribution in [0, 0.1) is 0 Å². The molecule has 0 heterocycles. The van der Waals surface area contributed by atoms with E-state index < -0.39 is 11.8 Å². The molecule has 22 heavy (non-hydrogen) atoms. The predicted octanol–water partition coefficient (Wildman–Crippen LogP) is 3.29. The fourth-order valence-electron chi connectivity index (χ4n) is 2.17. The summed E-state index contributed by atoms with van der Waals surface area (Å²) in [6.07, 6.45) is 1.28. The van der Waals surface area contributed by atoms with Crippen LogP contribution in [0.2, 0.25) is 0 Å². The molecule has 0 fully saturated rings. The summed E-state index contributed by atoms with van der Waals surface area (Å²) >= 11 is 13.9. The number of carbonyl (C=O) groups is 2. The number of amides is 2. The van der Waals surface area contributed by atoms with Gasteiger partial charge in [0.15, 0.2) is 0 Å². The molecular formula is C14H16Br4N2O2. The minimum absolute atomic E-state index is 0.116. The first kappa shape index (κ1) is 20.1. The molecule has 1 aromatic carbocycles. The van der Waals surface area contributed by atoms with E-state index in [0.29, 0.717) is 18.2 Å². The van der Waals surface area contributed by atoms with Gasteiger partial charge in [-0.15, -0.1) is 0 Å². The summed E-state index contributed by atoms with van der Waals surface area (Å²) in [4.78, 5) is 23.8. The van der Waals surface area contributed by atoms with Crippen molar-refractivity contribution in [1.29, 1.82) is 0 Å². The second kappa shape index (κ2) is 9.39. The highest BCUT2D eigenvalue weighted by Gasteiger charge is 2.23. The van der Waals surface area contributed by atoms with E-state index in [4.69, 9.17) is 11.5 Å². The number of carbonyl (C=O) groups excluding carboxylic acids is 2. The summed E-state index contributed by atoms with van der Waals surface area (Å²) in [5.41, 5.74) is 13.0. The molecule has 0 aromatic heterocycles. The zero-order chi connectivity index (χ0) is 16.9. The summed E-state index contributed by atoms with van der Waals surface area (Å²) in [6, 6.07) is 3.42. The number of halogens is 4. The summed E-state index contributed by atoms with van der Waals surface area (Å²) in [7, 11) is 0. The number of alkyl halides is 4. The summed E-state index contributed by atoms with van der Waals surface area (Å²) in [6.45, 7) is 0. The molecule has 0 aliphatic rings. The molecule has 8 heteroatoms. The number of hydrogen-bond acceptors (Lipinski definition) is 2. The SMILES string of the molecule is NC(=O)c1ccc(CC(Br)CBr)c(CC(Br)CBr)c1C(N)=O. The van der Waals surface area contributed by atoms with Crippen LogP contribution in [0.15, 0.2) is 12.1 Å². The highest BCUT2D eigenvalue weighted by molar-refractivity contribution is 9.12. The topological polar surface area (TPSA) is 86.2 Å². The molecular weight excluding hydrogens is 548 g/mol. The van der Waals surface area contributed by atoms with Crippen molar-refractivity contribution in [2.45, 2.75) is 22.5 Å². The van der Waals surface area contributed by atoms with Gasteiger partial charge in [-0.25, -0.2) is 0 Å². The zero-order valence-electron chi connectivity index (χ0n) is 11.6. The Morgan fingerprint density at radius 1 is 0.955 bits per heavy atom. The van der Waals surface area contributed by atoms with Crippen molar-refractivity contribution < 1.29 is 9.59 Å². The molecule has 0 aliphatic heterocycles. The van der Waals surface area contributed by atoms with E-state index in [0.717, 1.165) is 16.5 Å². The van der Waals surface area contributed by atoms with Gasteiger partial charge in [0.25, 0.3) is 0 Å². The molecule has 2 unspecified atom stereocenters. The van der Waals surface area contributed by atoms with Gasteiger partial charge < -0.3 is 11.5 Å². The molecule has 0 spiro atoms. The van der Waals surface area contributed by atoms with Crippen LogP contribution >= 0.6 is 63.7 Å². The highest BCUT2D eigenvalue weighted by atomic mass is 79.9. The lowest BCUT2D eigenvalue weighted by Gasteiger charge is -2.19. The van der Waals surface area contributed by atoms with Gasteiger partial charge in [0, 0.05) is 20.3 Å². The predicted molar refractivity (Wildman–Crippen MR) is 104 cm³/mol.